The van der Waals surface area contributed by atoms with Crippen LogP contribution in [0.1, 0.15) is 31.2 Å². The fraction of sp³-hybridized carbons (Fsp3) is 0.286. The number of nitrogens with zero attached hydrogens (tertiary/aromatic N) is 2. The minimum Gasteiger partial charge on any atom is -0.258 e. The van der Waals surface area contributed by atoms with Crippen LogP contribution in [0.4, 0.5) is 0 Å². The van der Waals surface area contributed by atoms with E-state index in [9.17, 15) is 0 Å². The topological polar surface area (TPSA) is 25.8 Å². The number of aromatic nitrogens is 2. The largest absolute Gasteiger partial charge is 0.258 e. The van der Waals surface area contributed by atoms with E-state index in [1.165, 1.54) is 0 Å². The number of hydrogen-bond acceptors (Lipinski definition) is 2. The van der Waals surface area contributed by atoms with Crippen molar-refractivity contribution in [1.29, 1.82) is 0 Å². The molecule has 0 saturated carbocycles. The summed E-state index contributed by atoms with van der Waals surface area (Å²) in [6, 6.07) is 10.2. The lowest BCUT2D eigenvalue weighted by Gasteiger charge is -2.08. The van der Waals surface area contributed by atoms with Crippen molar-refractivity contribution >= 4 is 0 Å². The summed E-state index contributed by atoms with van der Waals surface area (Å²) in [4.78, 5) is 8.89. The van der Waals surface area contributed by atoms with Gasteiger partial charge in [-0.1, -0.05) is 19.9 Å². The zero-order chi connectivity index (χ0) is 11.5. The van der Waals surface area contributed by atoms with Crippen molar-refractivity contribution in [3.63, 3.8) is 0 Å². The molecular formula is C14H16N2. The van der Waals surface area contributed by atoms with Crippen LogP contribution < -0.4 is 0 Å². The van der Waals surface area contributed by atoms with Gasteiger partial charge in [0.15, 0.2) is 0 Å². The molecule has 0 amide bonds. The highest BCUT2D eigenvalue weighted by atomic mass is 14.7. The molecule has 2 rings (SSSR count). The highest BCUT2D eigenvalue weighted by Crippen LogP contribution is 2.21. The van der Waals surface area contributed by atoms with Gasteiger partial charge in [-0.2, -0.15) is 0 Å². The zero-order valence-corrected chi connectivity index (χ0v) is 9.94. The maximum absolute atomic E-state index is 4.53. The second-order valence-corrected chi connectivity index (χ2v) is 4.29. The first-order valence-corrected chi connectivity index (χ1v) is 5.57. The van der Waals surface area contributed by atoms with Gasteiger partial charge in [-0.25, -0.2) is 0 Å². The van der Waals surface area contributed by atoms with Crippen LogP contribution in [0.2, 0.25) is 0 Å². The lowest BCUT2D eigenvalue weighted by Crippen LogP contribution is -1.96. The van der Waals surface area contributed by atoms with Gasteiger partial charge in [-0.05, 0) is 37.1 Å². The van der Waals surface area contributed by atoms with E-state index in [-0.39, 0.29) is 0 Å². The van der Waals surface area contributed by atoms with E-state index in [1.54, 1.807) is 0 Å². The average molecular weight is 212 g/mol. The summed E-state index contributed by atoms with van der Waals surface area (Å²) < 4.78 is 0. The Morgan fingerprint density at radius 1 is 1.12 bits per heavy atom. The van der Waals surface area contributed by atoms with Crippen LogP contribution in [0.25, 0.3) is 11.3 Å². The minimum absolute atomic E-state index is 0.447. The van der Waals surface area contributed by atoms with E-state index < -0.39 is 0 Å². The van der Waals surface area contributed by atoms with Crippen LogP contribution >= 0.6 is 0 Å². The van der Waals surface area contributed by atoms with Gasteiger partial charge in [-0.15, -0.1) is 0 Å². The number of rotatable bonds is 2. The van der Waals surface area contributed by atoms with Crippen LogP contribution in [0.3, 0.4) is 0 Å². The van der Waals surface area contributed by atoms with Crippen molar-refractivity contribution in [3.8, 4) is 11.3 Å². The third-order valence-corrected chi connectivity index (χ3v) is 2.53. The number of aryl methyl sites for hydroxylation is 1. The van der Waals surface area contributed by atoms with Crippen molar-refractivity contribution in [3.05, 3.63) is 47.9 Å². The summed E-state index contributed by atoms with van der Waals surface area (Å²) in [6.45, 7) is 6.34. The van der Waals surface area contributed by atoms with Crippen LogP contribution in [0.5, 0.6) is 0 Å². The molecule has 0 unspecified atom stereocenters. The molecule has 0 radical (unpaired) electrons. The van der Waals surface area contributed by atoms with E-state index in [0.717, 1.165) is 22.6 Å². The van der Waals surface area contributed by atoms with Crippen molar-refractivity contribution in [2.75, 3.05) is 0 Å². The molecule has 2 nitrogen and oxygen atoms in total. The van der Waals surface area contributed by atoms with Gasteiger partial charge < -0.3 is 0 Å². The molecule has 0 aliphatic rings. The first kappa shape index (κ1) is 10.8. The average Bonchev–Trinajstić information content (AvgIpc) is 2.29. The second-order valence-electron chi connectivity index (χ2n) is 4.29. The molecule has 2 heterocycles. The molecule has 0 aromatic carbocycles. The molecule has 2 heteroatoms. The van der Waals surface area contributed by atoms with Crippen LogP contribution in [-0.2, 0) is 0 Å². The first-order chi connectivity index (χ1) is 7.66. The van der Waals surface area contributed by atoms with Crippen LogP contribution in [-0.4, -0.2) is 9.97 Å². The summed E-state index contributed by atoms with van der Waals surface area (Å²) in [6.07, 6.45) is 1.82. The maximum atomic E-state index is 4.53. The molecule has 2 aromatic heterocycles. The first-order valence-electron chi connectivity index (χ1n) is 5.57. The summed E-state index contributed by atoms with van der Waals surface area (Å²) in [5.74, 6) is 0.447. The van der Waals surface area contributed by atoms with E-state index >= 15 is 0 Å². The summed E-state index contributed by atoms with van der Waals surface area (Å²) >= 11 is 0. The predicted molar refractivity (Wildman–Crippen MR) is 66.3 cm³/mol. The van der Waals surface area contributed by atoms with E-state index in [1.807, 2.05) is 31.3 Å². The highest BCUT2D eigenvalue weighted by molar-refractivity contribution is 5.59. The van der Waals surface area contributed by atoms with Crippen molar-refractivity contribution in [2.24, 2.45) is 0 Å². The van der Waals surface area contributed by atoms with Crippen LogP contribution in [0.15, 0.2) is 36.5 Å². The molecule has 0 bridgehead atoms. The molecule has 0 N–H and O–H groups in total. The van der Waals surface area contributed by atoms with Crippen molar-refractivity contribution in [2.45, 2.75) is 26.7 Å². The summed E-state index contributed by atoms with van der Waals surface area (Å²) in [5, 5.41) is 0. The van der Waals surface area contributed by atoms with Gasteiger partial charge in [0.05, 0.1) is 5.69 Å². The molecule has 0 fully saturated rings. The van der Waals surface area contributed by atoms with Gasteiger partial charge in [-0.3, -0.25) is 9.97 Å². The third-order valence-electron chi connectivity index (χ3n) is 2.53. The molecule has 2 aromatic rings. The zero-order valence-electron chi connectivity index (χ0n) is 9.94. The van der Waals surface area contributed by atoms with Crippen LogP contribution in [0, 0.1) is 6.92 Å². The summed E-state index contributed by atoms with van der Waals surface area (Å²) in [7, 11) is 0. The molecule has 0 aliphatic heterocycles. The molecule has 0 aliphatic carbocycles. The Labute approximate surface area is 96.4 Å². The minimum atomic E-state index is 0.447. The maximum Gasteiger partial charge on any atom is 0.0703 e. The molecule has 0 saturated heterocycles. The van der Waals surface area contributed by atoms with Gasteiger partial charge in [0.2, 0.25) is 0 Å². The number of pyridine rings is 2. The van der Waals surface area contributed by atoms with Gasteiger partial charge in [0.25, 0.3) is 0 Å². The fourth-order valence-electron chi connectivity index (χ4n) is 1.67. The molecule has 0 atom stereocenters. The Bertz CT molecular complexity index is 475. The van der Waals surface area contributed by atoms with Crippen molar-refractivity contribution in [1.82, 2.24) is 9.97 Å². The lowest BCUT2D eigenvalue weighted by molar-refractivity contribution is 0.816. The lowest BCUT2D eigenvalue weighted by atomic mass is 10.0. The Hall–Kier alpha value is -1.70. The third kappa shape index (κ3) is 2.27. The second kappa shape index (κ2) is 4.44. The quantitative estimate of drug-likeness (QED) is 0.760. The Morgan fingerprint density at radius 2 is 1.94 bits per heavy atom. The molecular weight excluding hydrogens is 196 g/mol. The van der Waals surface area contributed by atoms with Crippen molar-refractivity contribution < 1.29 is 0 Å². The Kier molecular flexibility index (Phi) is 3.00. The number of hydrogen-bond donors (Lipinski definition) is 0. The normalized spacial score (nSPS) is 10.8. The predicted octanol–water partition coefficient (Wildman–Crippen LogP) is 3.58. The molecule has 82 valence electrons. The highest BCUT2D eigenvalue weighted by Gasteiger charge is 2.06. The fourth-order valence-corrected chi connectivity index (χ4v) is 1.67. The smallest absolute Gasteiger partial charge is 0.0703 e. The molecule has 16 heavy (non-hydrogen) atoms. The molecule has 0 spiro atoms. The SMILES string of the molecule is Cc1cc(-c2ccccn2)cc(C(C)C)n1. The van der Waals surface area contributed by atoms with E-state index in [0.29, 0.717) is 5.92 Å². The van der Waals surface area contributed by atoms with Gasteiger partial charge in [0, 0.05) is 23.1 Å². The monoisotopic (exact) mass is 212 g/mol. The Balaban J connectivity index is 2.50. The Morgan fingerprint density at radius 3 is 2.56 bits per heavy atom. The van der Waals surface area contributed by atoms with Gasteiger partial charge >= 0.3 is 0 Å². The standard InChI is InChI=1S/C14H16N2/c1-10(2)14-9-12(8-11(3)16-14)13-6-4-5-7-15-13/h4-10H,1-3H3. The van der Waals surface area contributed by atoms with E-state index in [4.69, 9.17) is 0 Å². The summed E-state index contributed by atoms with van der Waals surface area (Å²) in [5.41, 5.74) is 4.33. The van der Waals surface area contributed by atoms with E-state index in [2.05, 4.69) is 35.9 Å². The van der Waals surface area contributed by atoms with Gasteiger partial charge in [0.1, 0.15) is 0 Å².